The second kappa shape index (κ2) is 5.68. The zero-order valence-corrected chi connectivity index (χ0v) is 15.3. The number of hydrogen-bond acceptors (Lipinski definition) is 5. The van der Waals surface area contributed by atoms with Gasteiger partial charge in [0, 0.05) is 25.2 Å². The van der Waals surface area contributed by atoms with Gasteiger partial charge in [-0.2, -0.15) is 10.1 Å². The van der Waals surface area contributed by atoms with E-state index in [1.54, 1.807) is 0 Å². The van der Waals surface area contributed by atoms with Crippen molar-refractivity contribution in [2.45, 2.75) is 64.3 Å². The lowest BCUT2D eigenvalue weighted by Crippen LogP contribution is -2.29. The van der Waals surface area contributed by atoms with Gasteiger partial charge in [0.2, 0.25) is 5.89 Å². The number of aryl methyl sites for hydroxylation is 1. The van der Waals surface area contributed by atoms with E-state index in [1.807, 2.05) is 22.7 Å². The molecular weight excluding hydrogens is 318 g/mol. The summed E-state index contributed by atoms with van der Waals surface area (Å²) in [5.41, 5.74) is 1.32. The van der Waals surface area contributed by atoms with Crippen molar-refractivity contribution in [2.75, 3.05) is 13.1 Å². The Kier molecular flexibility index (Phi) is 3.70. The number of hydrogen-bond donors (Lipinski definition) is 0. The van der Waals surface area contributed by atoms with Gasteiger partial charge in [-0.1, -0.05) is 5.16 Å². The largest absolute Gasteiger partial charge is 0.339 e. The van der Waals surface area contributed by atoms with E-state index in [4.69, 9.17) is 4.52 Å². The van der Waals surface area contributed by atoms with Crippen molar-refractivity contribution in [3.63, 3.8) is 0 Å². The summed E-state index contributed by atoms with van der Waals surface area (Å²) in [6.45, 7) is 9.46. The molecule has 2 aromatic heterocycles. The minimum absolute atomic E-state index is 0.0393. The molecule has 2 aliphatic rings. The van der Waals surface area contributed by atoms with Gasteiger partial charge >= 0.3 is 0 Å². The molecule has 4 rings (SSSR count). The molecule has 0 bridgehead atoms. The van der Waals surface area contributed by atoms with Gasteiger partial charge < -0.3 is 9.42 Å². The number of likely N-dealkylation sites (tertiary alicyclic amines) is 1. The summed E-state index contributed by atoms with van der Waals surface area (Å²) < 4.78 is 7.30. The second-order valence-corrected chi connectivity index (χ2v) is 8.25. The molecule has 1 aliphatic carbocycles. The van der Waals surface area contributed by atoms with Crippen molar-refractivity contribution in [3.05, 3.63) is 29.2 Å². The number of carbonyl (C=O) groups is 1. The van der Waals surface area contributed by atoms with Crippen LogP contribution in [-0.4, -0.2) is 43.8 Å². The fourth-order valence-corrected chi connectivity index (χ4v) is 3.25. The summed E-state index contributed by atoms with van der Waals surface area (Å²) in [5.74, 6) is 2.18. The van der Waals surface area contributed by atoms with Gasteiger partial charge in [0.25, 0.3) is 5.91 Å². The maximum Gasteiger partial charge on any atom is 0.257 e. The lowest BCUT2D eigenvalue weighted by atomic mass is 10.1. The molecule has 7 nitrogen and oxygen atoms in total. The molecule has 1 amide bonds. The normalized spacial score (nSPS) is 21.1. The highest BCUT2D eigenvalue weighted by Crippen LogP contribution is 2.39. The van der Waals surface area contributed by atoms with E-state index in [1.165, 1.54) is 0 Å². The third kappa shape index (κ3) is 3.07. The molecule has 3 heterocycles. The molecule has 0 aromatic carbocycles. The molecule has 1 unspecified atom stereocenters. The first kappa shape index (κ1) is 16.3. The molecule has 2 aromatic rings. The molecule has 7 heteroatoms. The van der Waals surface area contributed by atoms with E-state index >= 15 is 0 Å². The molecular formula is C18H25N5O2. The predicted octanol–water partition coefficient (Wildman–Crippen LogP) is 2.84. The maximum absolute atomic E-state index is 12.9. The van der Waals surface area contributed by atoms with Crippen LogP contribution in [-0.2, 0) is 5.54 Å². The Balaban J connectivity index is 1.47. The van der Waals surface area contributed by atoms with Crippen LogP contribution in [0.2, 0.25) is 0 Å². The van der Waals surface area contributed by atoms with Crippen LogP contribution in [0.3, 0.4) is 0 Å². The van der Waals surface area contributed by atoms with Crippen LogP contribution in [0.4, 0.5) is 0 Å². The summed E-state index contributed by atoms with van der Waals surface area (Å²) in [6, 6.07) is 0. The number of carbonyl (C=O) groups excluding carboxylic acids is 1. The van der Waals surface area contributed by atoms with E-state index in [0.717, 1.165) is 30.8 Å². The number of rotatable bonds is 3. The first-order chi connectivity index (χ1) is 11.8. The van der Waals surface area contributed by atoms with Gasteiger partial charge in [-0.15, -0.1) is 0 Å². The van der Waals surface area contributed by atoms with Crippen LogP contribution >= 0.6 is 0 Å². The lowest BCUT2D eigenvalue weighted by Gasteiger charge is -2.19. The van der Waals surface area contributed by atoms with Gasteiger partial charge in [0.15, 0.2) is 5.82 Å². The number of aromatic nitrogens is 4. The van der Waals surface area contributed by atoms with Crippen LogP contribution in [0.5, 0.6) is 0 Å². The zero-order valence-electron chi connectivity index (χ0n) is 15.3. The molecule has 0 N–H and O–H groups in total. The smallest absolute Gasteiger partial charge is 0.257 e. The number of amides is 1. The summed E-state index contributed by atoms with van der Waals surface area (Å²) >= 11 is 0. The third-order valence-electron chi connectivity index (χ3n) is 5.04. The van der Waals surface area contributed by atoms with Crippen molar-refractivity contribution in [3.8, 4) is 0 Å². The minimum atomic E-state index is -0.139. The molecule has 1 saturated carbocycles. The Morgan fingerprint density at radius 1 is 1.24 bits per heavy atom. The molecule has 134 valence electrons. The minimum Gasteiger partial charge on any atom is -0.339 e. The summed E-state index contributed by atoms with van der Waals surface area (Å²) in [5, 5.41) is 8.60. The van der Waals surface area contributed by atoms with Crippen molar-refractivity contribution in [1.29, 1.82) is 0 Å². The standard InChI is InChI=1S/C18H25N5O2/c1-11-14(10-23(20-11)18(2,3)4)17(24)22-8-7-13(9-22)16-19-15(21-25-16)12-5-6-12/h10,12-13H,5-9H2,1-4H3. The van der Waals surface area contributed by atoms with Gasteiger partial charge in [0.05, 0.1) is 22.7 Å². The van der Waals surface area contributed by atoms with E-state index in [-0.39, 0.29) is 17.4 Å². The Bertz CT molecular complexity index is 797. The summed E-state index contributed by atoms with van der Waals surface area (Å²) in [7, 11) is 0. The van der Waals surface area contributed by atoms with E-state index in [2.05, 4.69) is 36.0 Å². The zero-order chi connectivity index (χ0) is 17.8. The molecule has 0 radical (unpaired) electrons. The molecule has 1 saturated heterocycles. The first-order valence-electron chi connectivity index (χ1n) is 9.02. The van der Waals surface area contributed by atoms with E-state index < -0.39 is 0 Å². The Labute approximate surface area is 147 Å². The van der Waals surface area contributed by atoms with Crippen LogP contribution in [0.15, 0.2) is 10.7 Å². The first-order valence-corrected chi connectivity index (χ1v) is 9.02. The van der Waals surface area contributed by atoms with Crippen molar-refractivity contribution < 1.29 is 9.32 Å². The third-order valence-corrected chi connectivity index (χ3v) is 5.04. The highest BCUT2D eigenvalue weighted by atomic mass is 16.5. The van der Waals surface area contributed by atoms with Gasteiger partial charge in [-0.05, 0) is 47.0 Å². The maximum atomic E-state index is 12.9. The predicted molar refractivity (Wildman–Crippen MR) is 91.5 cm³/mol. The average Bonchev–Trinajstić information content (AvgIpc) is 2.99. The lowest BCUT2D eigenvalue weighted by molar-refractivity contribution is 0.0788. The second-order valence-electron chi connectivity index (χ2n) is 8.25. The van der Waals surface area contributed by atoms with Gasteiger partial charge in [0.1, 0.15) is 0 Å². The van der Waals surface area contributed by atoms with Gasteiger partial charge in [-0.25, -0.2) is 0 Å². The van der Waals surface area contributed by atoms with Crippen molar-refractivity contribution >= 4 is 5.91 Å². The monoisotopic (exact) mass is 343 g/mol. The fourth-order valence-electron chi connectivity index (χ4n) is 3.25. The Morgan fingerprint density at radius 3 is 2.64 bits per heavy atom. The topological polar surface area (TPSA) is 77.1 Å². The van der Waals surface area contributed by atoms with Gasteiger partial charge in [-0.3, -0.25) is 9.48 Å². The Hall–Kier alpha value is -2.18. The summed E-state index contributed by atoms with van der Waals surface area (Å²) in [4.78, 5) is 19.3. The summed E-state index contributed by atoms with van der Waals surface area (Å²) in [6.07, 6.45) is 5.05. The van der Waals surface area contributed by atoms with E-state index in [0.29, 0.717) is 30.5 Å². The molecule has 25 heavy (non-hydrogen) atoms. The highest BCUT2D eigenvalue weighted by molar-refractivity contribution is 5.95. The SMILES string of the molecule is Cc1nn(C(C)(C)C)cc1C(=O)N1CCC(c2nc(C3CC3)no2)C1. The highest BCUT2D eigenvalue weighted by Gasteiger charge is 2.35. The van der Waals surface area contributed by atoms with Crippen LogP contribution in [0.25, 0.3) is 0 Å². The quantitative estimate of drug-likeness (QED) is 0.856. The fraction of sp³-hybridized carbons (Fsp3) is 0.667. The molecule has 0 spiro atoms. The Morgan fingerprint density at radius 2 is 2.00 bits per heavy atom. The van der Waals surface area contributed by atoms with Crippen molar-refractivity contribution in [1.82, 2.24) is 24.8 Å². The van der Waals surface area contributed by atoms with Crippen molar-refractivity contribution in [2.24, 2.45) is 0 Å². The van der Waals surface area contributed by atoms with Crippen LogP contribution < -0.4 is 0 Å². The van der Waals surface area contributed by atoms with Crippen LogP contribution in [0, 0.1) is 6.92 Å². The van der Waals surface area contributed by atoms with Crippen LogP contribution in [0.1, 0.15) is 79.6 Å². The molecule has 2 fully saturated rings. The molecule has 1 aliphatic heterocycles. The molecule has 1 atom stereocenters. The van der Waals surface area contributed by atoms with E-state index in [9.17, 15) is 4.79 Å². The average molecular weight is 343 g/mol. The number of nitrogens with zero attached hydrogens (tertiary/aromatic N) is 5.